The predicted octanol–water partition coefficient (Wildman–Crippen LogP) is 4.25. The normalized spacial score (nSPS) is 16.9. The van der Waals surface area contributed by atoms with Gasteiger partial charge in [-0.05, 0) is 41.8 Å². The first kappa shape index (κ1) is 18.8. The van der Waals surface area contributed by atoms with Crippen molar-refractivity contribution in [2.24, 2.45) is 0 Å². The van der Waals surface area contributed by atoms with Gasteiger partial charge in [0.2, 0.25) is 0 Å². The molecule has 0 N–H and O–H groups in total. The lowest BCUT2D eigenvalue weighted by atomic mass is 9.98. The zero-order valence-electron chi connectivity index (χ0n) is 15.5. The first-order valence-corrected chi connectivity index (χ1v) is 9.96. The van der Waals surface area contributed by atoms with Crippen LogP contribution >= 0.6 is 7.60 Å². The van der Waals surface area contributed by atoms with Crippen LogP contribution in [0.3, 0.4) is 0 Å². The van der Waals surface area contributed by atoms with Gasteiger partial charge in [-0.1, -0.05) is 18.2 Å². The summed E-state index contributed by atoms with van der Waals surface area (Å²) in [6.07, 6.45) is 0.786. The summed E-state index contributed by atoms with van der Waals surface area (Å²) in [5, 5.41) is 0. The zero-order chi connectivity index (χ0) is 18.7. The summed E-state index contributed by atoms with van der Waals surface area (Å²) >= 11 is 0. The summed E-state index contributed by atoms with van der Waals surface area (Å²) in [6.45, 7) is 0.688. The van der Waals surface area contributed by atoms with E-state index < -0.39 is 13.4 Å². The summed E-state index contributed by atoms with van der Waals surface area (Å²) in [5.74, 6) is 0.677. The number of hydrogen-bond donors (Lipinski definition) is 0. The fourth-order valence-corrected chi connectivity index (χ4v) is 5.15. The van der Waals surface area contributed by atoms with E-state index in [1.54, 1.807) is 14.2 Å². The lowest BCUT2D eigenvalue weighted by molar-refractivity contribution is 0.263. The fourth-order valence-electron chi connectivity index (χ4n) is 3.43. The summed E-state index contributed by atoms with van der Waals surface area (Å²) in [6, 6.07) is 13.7. The van der Waals surface area contributed by atoms with Gasteiger partial charge >= 0.3 is 7.60 Å². The van der Waals surface area contributed by atoms with Gasteiger partial charge in [0.1, 0.15) is 0 Å². The molecule has 2 aromatic carbocycles. The Labute approximate surface area is 154 Å². The monoisotopic (exact) mass is 377 g/mol. The van der Waals surface area contributed by atoms with E-state index in [-0.39, 0.29) is 0 Å². The molecule has 1 heterocycles. The molecule has 0 bridgehead atoms. The van der Waals surface area contributed by atoms with Gasteiger partial charge in [0.15, 0.2) is 17.3 Å². The van der Waals surface area contributed by atoms with Crippen LogP contribution in [0.5, 0.6) is 11.5 Å². The molecule has 0 radical (unpaired) electrons. The molecule has 0 aliphatic carbocycles. The van der Waals surface area contributed by atoms with Crippen LogP contribution in [-0.4, -0.2) is 35.0 Å². The van der Waals surface area contributed by atoms with Crippen molar-refractivity contribution in [3.05, 3.63) is 53.6 Å². The molecule has 7 heteroatoms. The maximum absolute atomic E-state index is 13.4. The third-order valence-electron chi connectivity index (χ3n) is 4.74. The molecular weight excluding hydrogens is 353 g/mol. The Morgan fingerprint density at radius 3 is 2.15 bits per heavy atom. The van der Waals surface area contributed by atoms with Crippen molar-refractivity contribution in [1.82, 2.24) is 0 Å². The van der Waals surface area contributed by atoms with Gasteiger partial charge in [-0.3, -0.25) is 4.57 Å². The summed E-state index contributed by atoms with van der Waals surface area (Å²) in [5.41, 5.74) is 2.88. The molecule has 0 amide bonds. The van der Waals surface area contributed by atoms with Gasteiger partial charge in [-0.2, -0.15) is 0 Å². The van der Waals surface area contributed by atoms with E-state index >= 15 is 0 Å². The number of benzene rings is 2. The van der Waals surface area contributed by atoms with Crippen molar-refractivity contribution in [2.75, 3.05) is 39.9 Å². The minimum atomic E-state index is -3.43. The highest BCUT2D eigenvalue weighted by molar-refractivity contribution is 7.54. The predicted molar refractivity (Wildman–Crippen MR) is 101 cm³/mol. The van der Waals surface area contributed by atoms with Gasteiger partial charge < -0.3 is 23.4 Å². The molecule has 1 atom stereocenters. The van der Waals surface area contributed by atoms with E-state index in [4.69, 9.17) is 18.5 Å². The summed E-state index contributed by atoms with van der Waals surface area (Å²) in [7, 11) is 2.60. The summed E-state index contributed by atoms with van der Waals surface area (Å²) in [4.78, 5) is 2.07. The zero-order valence-corrected chi connectivity index (χ0v) is 16.4. The van der Waals surface area contributed by atoms with E-state index in [1.807, 2.05) is 42.5 Å². The average molecular weight is 377 g/mol. The second-order valence-electron chi connectivity index (χ2n) is 5.96. The molecule has 1 aliphatic heterocycles. The Morgan fingerprint density at radius 1 is 0.962 bits per heavy atom. The number of hydrogen-bond acceptors (Lipinski definition) is 6. The van der Waals surface area contributed by atoms with Gasteiger partial charge in [0, 0.05) is 26.5 Å². The lowest BCUT2D eigenvalue weighted by Gasteiger charge is -2.41. The maximum Gasteiger partial charge on any atom is 0.356 e. The Kier molecular flexibility index (Phi) is 5.56. The maximum atomic E-state index is 13.4. The lowest BCUT2D eigenvalue weighted by Crippen LogP contribution is -2.36. The van der Waals surface area contributed by atoms with Crippen LogP contribution in [0.4, 0.5) is 5.69 Å². The molecule has 0 saturated heterocycles. The van der Waals surface area contributed by atoms with E-state index in [1.165, 1.54) is 14.2 Å². The first-order chi connectivity index (χ1) is 12.6. The largest absolute Gasteiger partial charge is 0.493 e. The Bertz CT molecular complexity index is 803. The van der Waals surface area contributed by atoms with Crippen LogP contribution in [0.25, 0.3) is 0 Å². The molecule has 2 aromatic rings. The van der Waals surface area contributed by atoms with Crippen molar-refractivity contribution >= 4 is 13.3 Å². The summed E-state index contributed by atoms with van der Waals surface area (Å²) < 4.78 is 35.1. The molecular formula is C19H24NO5P. The quantitative estimate of drug-likeness (QED) is 0.702. The number of ether oxygens (including phenoxy) is 2. The van der Waals surface area contributed by atoms with Crippen LogP contribution in [0.1, 0.15) is 16.9 Å². The number of rotatable bonds is 6. The Hall–Kier alpha value is -2.01. The molecule has 0 fully saturated rings. The molecule has 1 unspecified atom stereocenters. The SMILES string of the molecule is COc1cc2c(cc1OC)C(P(=O)(OC)OC)N(c1ccccc1)CC2. The number of fused-ring (bicyclic) bond motifs is 1. The highest BCUT2D eigenvalue weighted by Gasteiger charge is 2.44. The van der Waals surface area contributed by atoms with Crippen molar-refractivity contribution in [3.63, 3.8) is 0 Å². The van der Waals surface area contributed by atoms with Crippen LogP contribution in [-0.2, 0) is 20.0 Å². The van der Waals surface area contributed by atoms with Crippen molar-refractivity contribution < 1.29 is 23.1 Å². The second kappa shape index (κ2) is 7.70. The molecule has 26 heavy (non-hydrogen) atoms. The van der Waals surface area contributed by atoms with Gasteiger partial charge in [0.25, 0.3) is 0 Å². The van der Waals surface area contributed by atoms with E-state index in [2.05, 4.69) is 4.90 Å². The minimum absolute atomic E-state index is 0.566. The standard InChI is InChI=1S/C19H24NO5P/c1-22-17-12-14-10-11-20(15-8-6-5-7-9-15)19(26(21,24-3)25-4)16(14)13-18(17)23-2/h5-9,12-13,19H,10-11H2,1-4H3. The van der Waals surface area contributed by atoms with Crippen molar-refractivity contribution in [1.29, 1.82) is 0 Å². The molecule has 1 aliphatic rings. The Morgan fingerprint density at radius 2 is 1.58 bits per heavy atom. The molecule has 3 rings (SSSR count). The minimum Gasteiger partial charge on any atom is -0.493 e. The topological polar surface area (TPSA) is 57.2 Å². The molecule has 0 spiro atoms. The number of nitrogens with zero attached hydrogens (tertiary/aromatic N) is 1. The van der Waals surface area contributed by atoms with Gasteiger partial charge in [-0.15, -0.1) is 0 Å². The second-order valence-corrected chi connectivity index (χ2v) is 8.26. The van der Waals surface area contributed by atoms with Crippen LogP contribution in [0, 0.1) is 0 Å². The van der Waals surface area contributed by atoms with E-state index in [0.717, 1.165) is 23.2 Å². The Balaban J connectivity index is 2.19. The average Bonchev–Trinajstić information content (AvgIpc) is 2.71. The number of methoxy groups -OCH3 is 2. The fraction of sp³-hybridized carbons (Fsp3) is 0.368. The van der Waals surface area contributed by atoms with Gasteiger partial charge in [-0.25, -0.2) is 0 Å². The smallest absolute Gasteiger partial charge is 0.356 e. The molecule has 6 nitrogen and oxygen atoms in total. The van der Waals surface area contributed by atoms with Crippen molar-refractivity contribution in [2.45, 2.75) is 12.2 Å². The molecule has 0 aromatic heterocycles. The molecule has 140 valence electrons. The van der Waals surface area contributed by atoms with E-state index in [0.29, 0.717) is 18.0 Å². The highest BCUT2D eigenvalue weighted by Crippen LogP contribution is 2.64. The van der Waals surface area contributed by atoms with Crippen LogP contribution < -0.4 is 14.4 Å². The third kappa shape index (κ3) is 3.20. The number of para-hydroxylation sites is 1. The van der Waals surface area contributed by atoms with Gasteiger partial charge in [0.05, 0.1) is 14.2 Å². The number of anilines is 1. The first-order valence-electron chi connectivity index (χ1n) is 8.35. The van der Waals surface area contributed by atoms with Crippen molar-refractivity contribution in [3.8, 4) is 11.5 Å². The van der Waals surface area contributed by atoms with E-state index in [9.17, 15) is 4.57 Å². The third-order valence-corrected chi connectivity index (χ3v) is 6.91. The van der Waals surface area contributed by atoms with Crippen LogP contribution in [0.2, 0.25) is 0 Å². The van der Waals surface area contributed by atoms with Crippen LogP contribution in [0.15, 0.2) is 42.5 Å². The molecule has 0 saturated carbocycles. The highest BCUT2D eigenvalue weighted by atomic mass is 31.2.